The molecular weight excluding hydrogens is 296 g/mol. The van der Waals surface area contributed by atoms with Crippen LogP contribution in [0, 0.1) is 13.8 Å². The number of hydrogen-bond acceptors (Lipinski definition) is 2. The van der Waals surface area contributed by atoms with Crippen LogP contribution in [-0.4, -0.2) is 23.0 Å². The van der Waals surface area contributed by atoms with E-state index < -0.39 is 0 Å². The van der Waals surface area contributed by atoms with Crippen molar-refractivity contribution < 1.29 is 0 Å². The van der Waals surface area contributed by atoms with Crippen molar-refractivity contribution in [3.05, 3.63) is 44.2 Å². The molecule has 0 amide bonds. The van der Waals surface area contributed by atoms with Gasteiger partial charge in [0.1, 0.15) is 0 Å². The molecule has 4 heteroatoms. The van der Waals surface area contributed by atoms with Gasteiger partial charge >= 0.3 is 0 Å². The van der Waals surface area contributed by atoms with Crippen LogP contribution in [0.4, 0.5) is 0 Å². The van der Waals surface area contributed by atoms with Crippen molar-refractivity contribution >= 4 is 22.5 Å². The van der Waals surface area contributed by atoms with Gasteiger partial charge in [-0.25, -0.2) is 0 Å². The van der Waals surface area contributed by atoms with Crippen molar-refractivity contribution in [1.29, 1.82) is 0 Å². The summed E-state index contributed by atoms with van der Waals surface area (Å²) in [5.74, 6) is 0. The van der Waals surface area contributed by atoms with E-state index in [9.17, 15) is 4.79 Å². The minimum Gasteiger partial charge on any atom is -0.358 e. The minimum atomic E-state index is 0.106. The molecule has 22 heavy (non-hydrogen) atoms. The van der Waals surface area contributed by atoms with Gasteiger partial charge in [0, 0.05) is 28.2 Å². The molecule has 1 heterocycles. The third kappa shape index (κ3) is 3.53. The molecule has 3 nitrogen and oxygen atoms in total. The molecule has 0 saturated heterocycles. The Morgan fingerprint density at radius 3 is 2.36 bits per heavy atom. The third-order valence-corrected chi connectivity index (χ3v) is 4.26. The molecule has 0 saturated carbocycles. The van der Waals surface area contributed by atoms with Crippen molar-refractivity contribution in [1.82, 2.24) is 9.88 Å². The number of nitrogens with zero attached hydrogens (tertiary/aromatic N) is 1. The summed E-state index contributed by atoms with van der Waals surface area (Å²) in [7, 11) is 0. The number of nitrogens with one attached hydrogen (secondary N) is 1. The Morgan fingerprint density at radius 2 is 1.77 bits per heavy atom. The Balaban J connectivity index is 2.52. The second-order valence-corrected chi connectivity index (χ2v) is 6.42. The van der Waals surface area contributed by atoms with E-state index in [0.717, 1.165) is 48.3 Å². The van der Waals surface area contributed by atoms with Crippen molar-refractivity contribution in [2.45, 2.75) is 47.1 Å². The van der Waals surface area contributed by atoms with E-state index in [1.54, 1.807) is 6.07 Å². The minimum absolute atomic E-state index is 0.106. The molecule has 0 unspecified atom stereocenters. The first-order chi connectivity index (χ1) is 10.5. The number of rotatable bonds is 6. The van der Waals surface area contributed by atoms with Crippen LogP contribution in [0.2, 0.25) is 5.02 Å². The number of aromatic amines is 1. The number of aromatic nitrogens is 1. The summed E-state index contributed by atoms with van der Waals surface area (Å²) >= 11 is 6.13. The second-order valence-electron chi connectivity index (χ2n) is 5.98. The Labute approximate surface area is 137 Å². The summed E-state index contributed by atoms with van der Waals surface area (Å²) < 4.78 is 0. The number of halogens is 1. The van der Waals surface area contributed by atoms with Crippen molar-refractivity contribution in [2.24, 2.45) is 0 Å². The van der Waals surface area contributed by atoms with Crippen LogP contribution in [0.1, 0.15) is 43.5 Å². The first kappa shape index (κ1) is 17.0. The lowest BCUT2D eigenvalue weighted by atomic mass is 10.1. The number of hydrogen-bond donors (Lipinski definition) is 1. The Hall–Kier alpha value is -1.32. The molecule has 0 aliphatic rings. The van der Waals surface area contributed by atoms with Gasteiger partial charge in [0.25, 0.3) is 0 Å². The fraction of sp³-hybridized carbons (Fsp3) is 0.500. The van der Waals surface area contributed by atoms with Gasteiger partial charge in [0.05, 0.1) is 5.52 Å². The summed E-state index contributed by atoms with van der Waals surface area (Å²) in [5.41, 5.74) is 3.83. The van der Waals surface area contributed by atoms with Crippen LogP contribution >= 0.6 is 11.6 Å². The smallest absolute Gasteiger partial charge is 0.194 e. The fourth-order valence-corrected chi connectivity index (χ4v) is 3.27. The number of pyridine rings is 1. The molecule has 2 aromatic rings. The molecule has 120 valence electrons. The lowest BCUT2D eigenvalue weighted by Gasteiger charge is -2.22. The van der Waals surface area contributed by atoms with Gasteiger partial charge in [-0.05, 0) is 57.5 Å². The molecule has 0 radical (unpaired) electrons. The van der Waals surface area contributed by atoms with Crippen LogP contribution in [0.3, 0.4) is 0 Å². The Kier molecular flexibility index (Phi) is 5.65. The summed E-state index contributed by atoms with van der Waals surface area (Å²) in [6.07, 6.45) is 2.19. The van der Waals surface area contributed by atoms with Crippen molar-refractivity contribution in [3.8, 4) is 0 Å². The second kappa shape index (κ2) is 7.30. The zero-order valence-electron chi connectivity index (χ0n) is 13.9. The van der Waals surface area contributed by atoms with E-state index in [2.05, 4.69) is 23.7 Å². The van der Waals surface area contributed by atoms with Gasteiger partial charge in [0.2, 0.25) is 0 Å². The molecule has 1 N–H and O–H groups in total. The zero-order chi connectivity index (χ0) is 16.3. The highest BCUT2D eigenvalue weighted by molar-refractivity contribution is 6.31. The van der Waals surface area contributed by atoms with E-state index in [0.29, 0.717) is 17.0 Å². The van der Waals surface area contributed by atoms with Crippen molar-refractivity contribution in [3.63, 3.8) is 0 Å². The Morgan fingerprint density at radius 1 is 1.14 bits per heavy atom. The van der Waals surface area contributed by atoms with E-state index >= 15 is 0 Å². The molecule has 2 rings (SSSR count). The number of H-pyrrole nitrogens is 1. The van der Waals surface area contributed by atoms with E-state index in [-0.39, 0.29) is 5.43 Å². The van der Waals surface area contributed by atoms with Gasteiger partial charge in [-0.2, -0.15) is 0 Å². The maximum absolute atomic E-state index is 12.9. The average Bonchev–Trinajstić information content (AvgIpc) is 2.45. The highest BCUT2D eigenvalue weighted by Crippen LogP contribution is 2.21. The molecular formula is C18H25ClN2O. The average molecular weight is 321 g/mol. The SMILES string of the molecule is CCCN(CCC)Cc1c(C)[nH]c2c(C)cc(Cl)cc2c1=O. The normalized spacial score (nSPS) is 11.5. The van der Waals surface area contributed by atoms with Crippen LogP contribution in [0.15, 0.2) is 16.9 Å². The van der Waals surface area contributed by atoms with Crippen LogP contribution in [0.5, 0.6) is 0 Å². The molecule has 0 spiro atoms. The molecule has 0 aliphatic carbocycles. The monoisotopic (exact) mass is 320 g/mol. The van der Waals surface area contributed by atoms with Gasteiger partial charge in [-0.15, -0.1) is 0 Å². The summed E-state index contributed by atoms with van der Waals surface area (Å²) in [6.45, 7) is 11.0. The highest BCUT2D eigenvalue weighted by atomic mass is 35.5. The predicted molar refractivity (Wildman–Crippen MR) is 94.9 cm³/mol. The van der Waals surface area contributed by atoms with Crippen LogP contribution < -0.4 is 5.43 Å². The van der Waals surface area contributed by atoms with E-state index in [1.165, 1.54) is 0 Å². The van der Waals surface area contributed by atoms with E-state index in [4.69, 9.17) is 11.6 Å². The number of benzene rings is 1. The number of aryl methyl sites for hydroxylation is 2. The topological polar surface area (TPSA) is 36.1 Å². The van der Waals surface area contributed by atoms with Gasteiger partial charge < -0.3 is 4.98 Å². The van der Waals surface area contributed by atoms with Crippen LogP contribution in [-0.2, 0) is 6.54 Å². The molecule has 0 fully saturated rings. The Bertz CT molecular complexity index is 715. The summed E-state index contributed by atoms with van der Waals surface area (Å²) in [6, 6.07) is 3.66. The standard InChI is InChI=1S/C18H25ClN2O/c1-5-7-21(8-6-2)11-16-13(4)20-17-12(3)9-14(19)10-15(17)18(16)22/h9-10H,5-8,11H2,1-4H3,(H,20,22). The maximum atomic E-state index is 12.9. The quantitative estimate of drug-likeness (QED) is 0.855. The van der Waals surface area contributed by atoms with Crippen LogP contribution in [0.25, 0.3) is 10.9 Å². The lowest BCUT2D eigenvalue weighted by Crippen LogP contribution is -2.29. The fourth-order valence-electron chi connectivity index (χ4n) is 3.00. The first-order valence-electron chi connectivity index (χ1n) is 8.01. The first-order valence-corrected chi connectivity index (χ1v) is 8.39. The van der Waals surface area contributed by atoms with Crippen molar-refractivity contribution in [2.75, 3.05) is 13.1 Å². The summed E-state index contributed by atoms with van der Waals surface area (Å²) in [4.78, 5) is 18.6. The molecule has 0 aliphatic heterocycles. The molecule has 0 atom stereocenters. The van der Waals surface area contributed by atoms with Gasteiger partial charge in [-0.3, -0.25) is 9.69 Å². The number of fused-ring (bicyclic) bond motifs is 1. The lowest BCUT2D eigenvalue weighted by molar-refractivity contribution is 0.265. The highest BCUT2D eigenvalue weighted by Gasteiger charge is 2.14. The largest absolute Gasteiger partial charge is 0.358 e. The van der Waals surface area contributed by atoms with Gasteiger partial charge in [-0.1, -0.05) is 25.4 Å². The zero-order valence-corrected chi connectivity index (χ0v) is 14.7. The molecule has 0 bridgehead atoms. The molecule has 1 aromatic heterocycles. The van der Waals surface area contributed by atoms with E-state index in [1.807, 2.05) is 19.9 Å². The summed E-state index contributed by atoms with van der Waals surface area (Å²) in [5, 5.41) is 1.31. The predicted octanol–water partition coefficient (Wildman–Crippen LogP) is 4.42. The van der Waals surface area contributed by atoms with Gasteiger partial charge in [0.15, 0.2) is 5.43 Å². The molecule has 1 aromatic carbocycles. The maximum Gasteiger partial charge on any atom is 0.194 e. The third-order valence-electron chi connectivity index (χ3n) is 4.05.